The molecule has 0 amide bonds. The van der Waals surface area contributed by atoms with Crippen LogP contribution < -0.4 is 5.32 Å². The molecule has 0 saturated carbocycles. The minimum Gasteiger partial charge on any atom is -0.389 e. The van der Waals surface area contributed by atoms with E-state index in [2.05, 4.69) is 11.9 Å². The van der Waals surface area contributed by atoms with E-state index in [1.54, 1.807) is 13.8 Å². The van der Waals surface area contributed by atoms with Crippen LogP contribution in [0.3, 0.4) is 0 Å². The van der Waals surface area contributed by atoms with Gasteiger partial charge in [-0.3, -0.25) is 0 Å². The van der Waals surface area contributed by atoms with Gasteiger partial charge in [-0.2, -0.15) is 0 Å². The van der Waals surface area contributed by atoms with Crippen molar-refractivity contribution in [3.63, 3.8) is 0 Å². The van der Waals surface area contributed by atoms with Gasteiger partial charge >= 0.3 is 0 Å². The topological polar surface area (TPSA) is 32.3 Å². The molecule has 0 rings (SSSR count). The molecule has 0 radical (unpaired) electrons. The van der Waals surface area contributed by atoms with Crippen molar-refractivity contribution in [3.8, 4) is 0 Å². The van der Waals surface area contributed by atoms with E-state index < -0.39 is 5.60 Å². The zero-order chi connectivity index (χ0) is 8.91. The van der Waals surface area contributed by atoms with Crippen molar-refractivity contribution in [2.45, 2.75) is 38.8 Å². The van der Waals surface area contributed by atoms with E-state index >= 15 is 0 Å². The van der Waals surface area contributed by atoms with Crippen molar-refractivity contribution >= 4 is 0 Å². The summed E-state index contributed by atoms with van der Waals surface area (Å²) in [5.41, 5.74) is -0.638. The van der Waals surface area contributed by atoms with E-state index in [9.17, 15) is 5.11 Å². The maximum atomic E-state index is 9.50. The minimum atomic E-state index is -0.638. The predicted molar refractivity (Wildman–Crippen MR) is 48.6 cm³/mol. The fourth-order valence-electron chi connectivity index (χ4n) is 0.652. The van der Waals surface area contributed by atoms with Crippen molar-refractivity contribution in [1.82, 2.24) is 5.32 Å². The van der Waals surface area contributed by atoms with E-state index in [0.717, 1.165) is 13.0 Å². The van der Waals surface area contributed by atoms with Crippen LogP contribution in [0, 0.1) is 0 Å². The standard InChI is InChI=1S/C9H19NO/c1-5-6-7-10-8(2)9(3,4)11/h5,8,10-11H,1,6-7H2,2-4H3. The summed E-state index contributed by atoms with van der Waals surface area (Å²) < 4.78 is 0. The first-order valence-electron chi connectivity index (χ1n) is 4.05. The lowest BCUT2D eigenvalue weighted by Gasteiger charge is -2.26. The van der Waals surface area contributed by atoms with Crippen molar-refractivity contribution in [3.05, 3.63) is 12.7 Å². The quantitative estimate of drug-likeness (QED) is 0.466. The molecule has 0 spiro atoms. The predicted octanol–water partition coefficient (Wildman–Crippen LogP) is 1.31. The van der Waals surface area contributed by atoms with Gasteiger partial charge in [0.2, 0.25) is 0 Å². The smallest absolute Gasteiger partial charge is 0.0741 e. The molecule has 2 N–H and O–H groups in total. The van der Waals surface area contributed by atoms with E-state index in [0.29, 0.717) is 0 Å². The van der Waals surface area contributed by atoms with Gasteiger partial charge in [-0.15, -0.1) is 6.58 Å². The third-order valence-electron chi connectivity index (χ3n) is 1.86. The van der Waals surface area contributed by atoms with Gasteiger partial charge in [0, 0.05) is 6.04 Å². The second-order valence-corrected chi connectivity index (χ2v) is 3.41. The first-order valence-corrected chi connectivity index (χ1v) is 4.05. The summed E-state index contributed by atoms with van der Waals surface area (Å²) in [5.74, 6) is 0. The molecule has 66 valence electrons. The van der Waals surface area contributed by atoms with E-state index in [4.69, 9.17) is 0 Å². The first-order chi connectivity index (χ1) is 4.98. The minimum absolute atomic E-state index is 0.127. The van der Waals surface area contributed by atoms with Crippen LogP contribution in [-0.4, -0.2) is 23.3 Å². The van der Waals surface area contributed by atoms with Gasteiger partial charge < -0.3 is 10.4 Å². The van der Waals surface area contributed by atoms with Gasteiger partial charge in [0.15, 0.2) is 0 Å². The van der Waals surface area contributed by atoms with Crippen molar-refractivity contribution in [2.75, 3.05) is 6.54 Å². The van der Waals surface area contributed by atoms with Gasteiger partial charge in [0.25, 0.3) is 0 Å². The van der Waals surface area contributed by atoms with Crippen molar-refractivity contribution < 1.29 is 5.11 Å². The summed E-state index contributed by atoms with van der Waals surface area (Å²) in [6.45, 7) is 10.1. The highest BCUT2D eigenvalue weighted by Crippen LogP contribution is 2.06. The SMILES string of the molecule is C=CCCNC(C)C(C)(C)O. The second-order valence-electron chi connectivity index (χ2n) is 3.41. The monoisotopic (exact) mass is 157 g/mol. The Balaban J connectivity index is 3.52. The molecule has 0 bridgehead atoms. The van der Waals surface area contributed by atoms with Gasteiger partial charge in [0.05, 0.1) is 5.60 Å². The zero-order valence-electron chi connectivity index (χ0n) is 7.72. The van der Waals surface area contributed by atoms with Crippen molar-refractivity contribution in [2.24, 2.45) is 0 Å². The molecule has 11 heavy (non-hydrogen) atoms. The lowest BCUT2D eigenvalue weighted by atomic mass is 10.0. The Kier molecular flexibility index (Phi) is 4.38. The maximum absolute atomic E-state index is 9.50. The molecule has 0 aromatic rings. The molecule has 0 saturated heterocycles. The number of hydrogen-bond acceptors (Lipinski definition) is 2. The van der Waals surface area contributed by atoms with Gasteiger partial charge in [-0.25, -0.2) is 0 Å². The molecule has 0 aliphatic rings. The zero-order valence-corrected chi connectivity index (χ0v) is 7.72. The lowest BCUT2D eigenvalue weighted by molar-refractivity contribution is 0.0447. The molecule has 0 fully saturated rings. The van der Waals surface area contributed by atoms with Gasteiger partial charge in [-0.1, -0.05) is 6.08 Å². The average molecular weight is 157 g/mol. The molecular formula is C9H19NO. The molecule has 0 aromatic carbocycles. The first kappa shape index (κ1) is 10.7. The summed E-state index contributed by atoms with van der Waals surface area (Å²) in [7, 11) is 0. The Morgan fingerprint density at radius 2 is 2.18 bits per heavy atom. The Morgan fingerprint density at radius 1 is 1.64 bits per heavy atom. The summed E-state index contributed by atoms with van der Waals surface area (Å²) in [6.07, 6.45) is 2.81. The van der Waals surface area contributed by atoms with Crippen LogP contribution in [0.4, 0.5) is 0 Å². The molecule has 1 unspecified atom stereocenters. The highest BCUT2D eigenvalue weighted by atomic mass is 16.3. The summed E-state index contributed by atoms with van der Waals surface area (Å²) in [4.78, 5) is 0. The molecule has 0 aromatic heterocycles. The Hall–Kier alpha value is -0.340. The fraction of sp³-hybridized carbons (Fsp3) is 0.778. The molecule has 0 heterocycles. The normalized spacial score (nSPS) is 14.5. The molecule has 0 aliphatic carbocycles. The number of hydrogen-bond donors (Lipinski definition) is 2. The highest BCUT2D eigenvalue weighted by Gasteiger charge is 2.20. The van der Waals surface area contributed by atoms with Crippen LogP contribution in [0.2, 0.25) is 0 Å². The Morgan fingerprint density at radius 3 is 2.55 bits per heavy atom. The fourth-order valence-corrected chi connectivity index (χ4v) is 0.652. The van der Waals surface area contributed by atoms with Crippen LogP contribution in [0.1, 0.15) is 27.2 Å². The second kappa shape index (κ2) is 4.52. The summed E-state index contributed by atoms with van der Waals surface area (Å²) >= 11 is 0. The maximum Gasteiger partial charge on any atom is 0.0741 e. The van der Waals surface area contributed by atoms with Crippen LogP contribution in [0.15, 0.2) is 12.7 Å². The molecule has 1 atom stereocenters. The largest absolute Gasteiger partial charge is 0.389 e. The number of rotatable bonds is 5. The van der Waals surface area contributed by atoms with Crippen LogP contribution in [0.25, 0.3) is 0 Å². The third-order valence-corrected chi connectivity index (χ3v) is 1.86. The number of aliphatic hydroxyl groups is 1. The van der Waals surface area contributed by atoms with Gasteiger partial charge in [0.1, 0.15) is 0 Å². The van der Waals surface area contributed by atoms with E-state index in [-0.39, 0.29) is 6.04 Å². The molecule has 2 nitrogen and oxygen atoms in total. The van der Waals surface area contributed by atoms with E-state index in [1.165, 1.54) is 0 Å². The van der Waals surface area contributed by atoms with Crippen LogP contribution in [-0.2, 0) is 0 Å². The lowest BCUT2D eigenvalue weighted by Crippen LogP contribution is -2.44. The van der Waals surface area contributed by atoms with Crippen molar-refractivity contribution in [1.29, 1.82) is 0 Å². The summed E-state index contributed by atoms with van der Waals surface area (Å²) in [6, 6.07) is 0.127. The molecule has 2 heteroatoms. The Labute approximate surface area is 69.3 Å². The molecular weight excluding hydrogens is 138 g/mol. The highest BCUT2D eigenvalue weighted by molar-refractivity contribution is 4.80. The third kappa shape index (κ3) is 4.99. The summed E-state index contributed by atoms with van der Waals surface area (Å²) in [5, 5.41) is 12.7. The van der Waals surface area contributed by atoms with E-state index in [1.807, 2.05) is 13.0 Å². The van der Waals surface area contributed by atoms with Crippen LogP contribution in [0.5, 0.6) is 0 Å². The van der Waals surface area contributed by atoms with Crippen LogP contribution >= 0.6 is 0 Å². The average Bonchev–Trinajstić information content (AvgIpc) is 1.86. The Bertz CT molecular complexity index is 115. The van der Waals surface area contributed by atoms with Gasteiger partial charge in [-0.05, 0) is 33.7 Å². The molecule has 0 aliphatic heterocycles. The number of nitrogens with one attached hydrogen (secondary N) is 1.